The minimum Gasteiger partial charge on any atom is -0.478 e. The van der Waals surface area contributed by atoms with Crippen molar-refractivity contribution in [2.24, 2.45) is 0 Å². The number of anilines is 1. The molecule has 0 saturated heterocycles. The van der Waals surface area contributed by atoms with Crippen LogP contribution in [0.1, 0.15) is 43.0 Å². The van der Waals surface area contributed by atoms with Gasteiger partial charge in [-0.05, 0) is 37.8 Å². The van der Waals surface area contributed by atoms with Crippen LogP contribution >= 0.6 is 0 Å². The van der Waals surface area contributed by atoms with E-state index in [2.05, 4.69) is 12.2 Å². The summed E-state index contributed by atoms with van der Waals surface area (Å²) in [5.41, 5.74) is 0.427. The van der Waals surface area contributed by atoms with Crippen molar-refractivity contribution in [2.45, 2.75) is 38.1 Å². The number of nitrogens with one attached hydrogen (secondary N) is 1. The van der Waals surface area contributed by atoms with E-state index in [9.17, 15) is 14.7 Å². The molecule has 0 spiro atoms. The largest absolute Gasteiger partial charge is 0.478 e. The second-order valence-electron chi connectivity index (χ2n) is 5.30. The molecule has 2 N–H and O–H groups in total. The molecule has 0 aliphatic heterocycles. The lowest BCUT2D eigenvalue weighted by Crippen LogP contribution is -2.56. The number of aromatic carboxylic acids is 1. The van der Waals surface area contributed by atoms with Crippen LogP contribution in [0.4, 0.5) is 10.5 Å². The summed E-state index contributed by atoms with van der Waals surface area (Å²) in [6.07, 6.45) is 4.00. The summed E-state index contributed by atoms with van der Waals surface area (Å²) in [6.45, 7) is 2.06. The van der Waals surface area contributed by atoms with Gasteiger partial charge in [0.15, 0.2) is 0 Å². The summed E-state index contributed by atoms with van der Waals surface area (Å²) in [6, 6.07) is 6.27. The normalized spacial score (nSPS) is 16.1. The smallest absolute Gasteiger partial charge is 0.337 e. The standard InChI is InChI=1S/C15H20N2O3/c1-3-15(9-6-10-15)16-14(20)17(2)12-8-5-4-7-11(12)13(18)19/h4-5,7-8H,3,6,9-10H2,1-2H3,(H,16,20)(H,18,19). The third kappa shape index (κ3) is 2.61. The summed E-state index contributed by atoms with van der Waals surface area (Å²) >= 11 is 0. The molecule has 2 rings (SSSR count). The van der Waals surface area contributed by atoms with Crippen molar-refractivity contribution in [1.82, 2.24) is 5.32 Å². The summed E-state index contributed by atoms with van der Waals surface area (Å²) in [7, 11) is 1.60. The lowest BCUT2D eigenvalue weighted by atomic mass is 9.75. The number of carboxylic acid groups (broad SMARTS) is 1. The van der Waals surface area contributed by atoms with E-state index in [1.54, 1.807) is 25.2 Å². The average Bonchev–Trinajstić information content (AvgIpc) is 2.41. The highest BCUT2D eigenvalue weighted by atomic mass is 16.4. The van der Waals surface area contributed by atoms with Crippen molar-refractivity contribution >= 4 is 17.7 Å². The van der Waals surface area contributed by atoms with Gasteiger partial charge in [-0.15, -0.1) is 0 Å². The molecule has 1 aromatic rings. The number of nitrogens with zero attached hydrogens (tertiary/aromatic N) is 1. The quantitative estimate of drug-likeness (QED) is 0.888. The molecule has 1 fully saturated rings. The number of hydrogen-bond acceptors (Lipinski definition) is 2. The topological polar surface area (TPSA) is 69.6 Å². The highest BCUT2D eigenvalue weighted by molar-refractivity contribution is 6.01. The first-order valence-electron chi connectivity index (χ1n) is 6.87. The Morgan fingerprint density at radius 1 is 1.35 bits per heavy atom. The van der Waals surface area contributed by atoms with Gasteiger partial charge in [0.25, 0.3) is 0 Å². The number of amides is 2. The number of carboxylic acids is 1. The molecule has 1 aromatic carbocycles. The highest BCUT2D eigenvalue weighted by Crippen LogP contribution is 2.35. The fraction of sp³-hybridized carbons (Fsp3) is 0.467. The van der Waals surface area contributed by atoms with E-state index in [0.29, 0.717) is 5.69 Å². The number of carbonyl (C=O) groups excluding carboxylic acids is 1. The molecule has 0 atom stereocenters. The van der Waals surface area contributed by atoms with Crippen LogP contribution in [0.2, 0.25) is 0 Å². The Morgan fingerprint density at radius 3 is 2.50 bits per heavy atom. The van der Waals surface area contributed by atoms with Crippen LogP contribution in [-0.4, -0.2) is 29.7 Å². The summed E-state index contributed by atoms with van der Waals surface area (Å²) in [5.74, 6) is -1.03. The Kier molecular flexibility index (Phi) is 3.97. The predicted octanol–water partition coefficient (Wildman–Crippen LogP) is 2.86. The maximum Gasteiger partial charge on any atom is 0.337 e. The van der Waals surface area contributed by atoms with Crippen LogP contribution < -0.4 is 10.2 Å². The van der Waals surface area contributed by atoms with Gasteiger partial charge < -0.3 is 10.4 Å². The van der Waals surface area contributed by atoms with E-state index in [1.165, 1.54) is 11.0 Å². The van der Waals surface area contributed by atoms with Crippen LogP contribution in [-0.2, 0) is 0 Å². The van der Waals surface area contributed by atoms with Gasteiger partial charge in [0.2, 0.25) is 0 Å². The van der Waals surface area contributed by atoms with Crippen LogP contribution in [0.5, 0.6) is 0 Å². The molecule has 0 heterocycles. The zero-order chi connectivity index (χ0) is 14.8. The molecule has 1 saturated carbocycles. The zero-order valence-corrected chi connectivity index (χ0v) is 11.8. The Labute approximate surface area is 118 Å². The van der Waals surface area contributed by atoms with Crippen molar-refractivity contribution in [3.8, 4) is 0 Å². The van der Waals surface area contributed by atoms with Gasteiger partial charge >= 0.3 is 12.0 Å². The maximum atomic E-state index is 12.3. The molecule has 5 nitrogen and oxygen atoms in total. The van der Waals surface area contributed by atoms with Crippen LogP contribution in [0.25, 0.3) is 0 Å². The van der Waals surface area contributed by atoms with E-state index in [1.807, 2.05) is 0 Å². The second kappa shape index (κ2) is 5.53. The van der Waals surface area contributed by atoms with E-state index < -0.39 is 5.97 Å². The van der Waals surface area contributed by atoms with Gasteiger partial charge in [-0.25, -0.2) is 9.59 Å². The maximum absolute atomic E-state index is 12.3. The first kappa shape index (κ1) is 14.4. The van der Waals surface area contributed by atoms with Crippen molar-refractivity contribution < 1.29 is 14.7 Å². The van der Waals surface area contributed by atoms with E-state index in [4.69, 9.17) is 0 Å². The van der Waals surface area contributed by atoms with Crippen molar-refractivity contribution in [2.75, 3.05) is 11.9 Å². The molecule has 20 heavy (non-hydrogen) atoms. The summed E-state index contributed by atoms with van der Waals surface area (Å²) in [4.78, 5) is 24.9. The van der Waals surface area contributed by atoms with Gasteiger partial charge in [-0.1, -0.05) is 19.1 Å². The molecular weight excluding hydrogens is 256 g/mol. The van der Waals surface area contributed by atoms with Crippen LogP contribution in [0.15, 0.2) is 24.3 Å². The number of para-hydroxylation sites is 1. The third-order valence-corrected chi connectivity index (χ3v) is 4.16. The van der Waals surface area contributed by atoms with Gasteiger partial charge in [-0.2, -0.15) is 0 Å². The van der Waals surface area contributed by atoms with Crippen LogP contribution in [0, 0.1) is 0 Å². The zero-order valence-electron chi connectivity index (χ0n) is 11.8. The summed E-state index contributed by atoms with van der Waals surface area (Å²) < 4.78 is 0. The Hall–Kier alpha value is -2.04. The van der Waals surface area contributed by atoms with Crippen molar-refractivity contribution in [3.63, 3.8) is 0 Å². The van der Waals surface area contributed by atoms with Crippen molar-refractivity contribution in [3.05, 3.63) is 29.8 Å². The minimum atomic E-state index is -1.03. The molecule has 5 heteroatoms. The van der Waals surface area contributed by atoms with Gasteiger partial charge in [0.05, 0.1) is 11.3 Å². The first-order chi connectivity index (χ1) is 9.49. The fourth-order valence-electron chi connectivity index (χ4n) is 2.54. The van der Waals surface area contributed by atoms with E-state index >= 15 is 0 Å². The van der Waals surface area contributed by atoms with Gasteiger partial charge in [-0.3, -0.25) is 4.90 Å². The minimum absolute atomic E-state index is 0.108. The first-order valence-corrected chi connectivity index (χ1v) is 6.87. The van der Waals surface area contributed by atoms with Gasteiger partial charge in [0, 0.05) is 12.6 Å². The highest BCUT2D eigenvalue weighted by Gasteiger charge is 2.37. The average molecular weight is 276 g/mol. The third-order valence-electron chi connectivity index (χ3n) is 4.16. The Balaban J connectivity index is 2.17. The van der Waals surface area contributed by atoms with E-state index in [-0.39, 0.29) is 17.1 Å². The number of rotatable bonds is 4. The Morgan fingerprint density at radius 2 is 2.00 bits per heavy atom. The lowest BCUT2D eigenvalue weighted by molar-refractivity contribution is 0.0697. The number of benzene rings is 1. The molecule has 2 amide bonds. The molecule has 0 unspecified atom stereocenters. The fourth-order valence-corrected chi connectivity index (χ4v) is 2.54. The molecule has 1 aliphatic carbocycles. The molecule has 108 valence electrons. The van der Waals surface area contributed by atoms with Crippen LogP contribution in [0.3, 0.4) is 0 Å². The lowest BCUT2D eigenvalue weighted by Gasteiger charge is -2.42. The Bertz CT molecular complexity index is 518. The number of urea groups is 1. The number of carbonyl (C=O) groups is 2. The molecule has 0 radical (unpaired) electrons. The molecule has 1 aliphatic rings. The van der Waals surface area contributed by atoms with E-state index in [0.717, 1.165) is 25.7 Å². The predicted molar refractivity (Wildman–Crippen MR) is 77.2 cm³/mol. The molecule has 0 bridgehead atoms. The monoisotopic (exact) mass is 276 g/mol. The van der Waals surface area contributed by atoms with Gasteiger partial charge in [0.1, 0.15) is 0 Å². The SMILES string of the molecule is CCC1(NC(=O)N(C)c2ccccc2C(=O)O)CCC1. The summed E-state index contributed by atoms with van der Waals surface area (Å²) in [5, 5.41) is 12.2. The molecule has 0 aromatic heterocycles. The second-order valence-corrected chi connectivity index (χ2v) is 5.30. The number of hydrogen-bond donors (Lipinski definition) is 2. The van der Waals surface area contributed by atoms with Crippen molar-refractivity contribution in [1.29, 1.82) is 0 Å². The molecular formula is C15H20N2O3.